The van der Waals surface area contributed by atoms with E-state index >= 15 is 0 Å². The zero-order valence-electron chi connectivity index (χ0n) is 10.2. The summed E-state index contributed by atoms with van der Waals surface area (Å²) in [5, 5.41) is 20.8. The molecule has 0 aromatic heterocycles. The van der Waals surface area contributed by atoms with Gasteiger partial charge in [0.1, 0.15) is 12.4 Å². The number of aliphatic hydroxyl groups excluding tert-OH is 2. The van der Waals surface area contributed by atoms with E-state index in [9.17, 15) is 18.7 Å². The van der Waals surface area contributed by atoms with Crippen molar-refractivity contribution in [1.82, 2.24) is 10.2 Å². The van der Waals surface area contributed by atoms with Gasteiger partial charge in [0.05, 0.1) is 0 Å². The summed E-state index contributed by atoms with van der Waals surface area (Å²) in [5.41, 5.74) is -2.94. The Morgan fingerprint density at radius 3 is 2.80 bits per heavy atom. The second kappa shape index (κ2) is 4.56. The lowest BCUT2D eigenvalue weighted by atomic mass is 9.95. The third-order valence-corrected chi connectivity index (χ3v) is 3.13. The van der Waals surface area contributed by atoms with Gasteiger partial charge in [-0.25, -0.2) is 8.78 Å². The van der Waals surface area contributed by atoms with E-state index in [0.29, 0.717) is 0 Å². The molecule has 0 radical (unpaired) electrons. The molecule has 0 saturated carbocycles. The molecule has 1 fully saturated rings. The maximum atomic E-state index is 14.6. The average Bonchev–Trinajstić information content (AvgIpc) is 2.62. The minimum Gasteiger partial charge on any atom is -0.390 e. The van der Waals surface area contributed by atoms with Crippen LogP contribution in [0.4, 0.5) is 8.78 Å². The van der Waals surface area contributed by atoms with Crippen molar-refractivity contribution in [2.24, 2.45) is 0 Å². The van der Waals surface area contributed by atoms with Crippen LogP contribution in [0.1, 0.15) is 0 Å². The Labute approximate surface area is 113 Å². The number of carbonyl (C=O) groups is 1. The third-order valence-electron chi connectivity index (χ3n) is 3.13. The van der Waals surface area contributed by atoms with Crippen molar-refractivity contribution in [3.8, 4) is 12.3 Å². The second-order valence-electron chi connectivity index (χ2n) is 4.39. The van der Waals surface area contributed by atoms with Gasteiger partial charge in [-0.3, -0.25) is 4.79 Å². The Hall–Kier alpha value is -1.95. The Morgan fingerprint density at radius 1 is 1.65 bits per heavy atom. The number of terminal acetylenes is 1. The number of carbonyl (C=O) groups excluding carboxylic acids is 1. The van der Waals surface area contributed by atoms with Crippen molar-refractivity contribution in [3.63, 3.8) is 0 Å². The Morgan fingerprint density at radius 2 is 2.30 bits per heavy atom. The highest BCUT2D eigenvalue weighted by Gasteiger charge is 2.67. The summed E-state index contributed by atoms with van der Waals surface area (Å²) in [6.07, 6.45) is 2.96. The van der Waals surface area contributed by atoms with Crippen LogP contribution in [-0.4, -0.2) is 51.5 Å². The molecule has 3 N–H and O–H groups in total. The Bertz CT molecular complexity index is 532. The molecule has 20 heavy (non-hydrogen) atoms. The minimum atomic E-state index is -3.05. The number of ether oxygens (including phenoxy) is 1. The zero-order chi connectivity index (χ0) is 15.1. The van der Waals surface area contributed by atoms with E-state index in [1.54, 1.807) is 5.92 Å². The van der Waals surface area contributed by atoms with Gasteiger partial charge in [-0.2, -0.15) is 0 Å². The highest BCUT2D eigenvalue weighted by Crippen LogP contribution is 2.44. The summed E-state index contributed by atoms with van der Waals surface area (Å²) in [4.78, 5) is 12.0. The van der Waals surface area contributed by atoms with Crippen LogP contribution in [0.15, 0.2) is 24.7 Å². The van der Waals surface area contributed by atoms with Gasteiger partial charge >= 0.3 is 0 Å². The fraction of sp³-hybridized carbons (Fsp3) is 0.417. The van der Waals surface area contributed by atoms with Crippen LogP contribution in [0.25, 0.3) is 0 Å². The molecule has 4 atom stereocenters. The van der Waals surface area contributed by atoms with E-state index in [-0.39, 0.29) is 5.82 Å². The monoisotopic (exact) mass is 286 g/mol. The predicted octanol–water partition coefficient (Wildman–Crippen LogP) is -0.880. The fourth-order valence-electron chi connectivity index (χ4n) is 2.02. The number of hydrogen-bond donors (Lipinski definition) is 3. The number of alkyl halides is 2. The molecule has 2 heterocycles. The molecule has 2 aliphatic rings. The molecule has 6 nitrogen and oxygen atoms in total. The van der Waals surface area contributed by atoms with Gasteiger partial charge in [0.25, 0.3) is 11.8 Å². The number of halogens is 2. The SMILES string of the molecule is C#C[C@]1(F)C(N2C=CC(=O)NC2=C)O[C@](F)(CO)[C@H]1O. The smallest absolute Gasteiger partial charge is 0.264 e. The number of nitrogens with zero attached hydrogens (tertiary/aromatic N) is 1. The first-order valence-corrected chi connectivity index (χ1v) is 5.57. The number of rotatable bonds is 2. The van der Waals surface area contributed by atoms with Crippen LogP contribution in [0.3, 0.4) is 0 Å². The summed E-state index contributed by atoms with van der Waals surface area (Å²) in [5.74, 6) is -2.03. The Kier molecular flexibility index (Phi) is 3.29. The lowest BCUT2D eigenvalue weighted by Gasteiger charge is -2.34. The molecule has 1 unspecified atom stereocenters. The van der Waals surface area contributed by atoms with Crippen LogP contribution in [0.5, 0.6) is 0 Å². The molecule has 0 bridgehead atoms. The minimum absolute atomic E-state index is 0.103. The van der Waals surface area contributed by atoms with Crippen molar-refractivity contribution in [2.45, 2.75) is 23.9 Å². The second-order valence-corrected chi connectivity index (χ2v) is 4.39. The highest BCUT2D eigenvalue weighted by atomic mass is 19.2. The summed E-state index contributed by atoms with van der Waals surface area (Å²) in [6, 6.07) is 0. The lowest BCUT2D eigenvalue weighted by Crippen LogP contribution is -2.52. The molecule has 0 aromatic rings. The number of aliphatic hydroxyl groups is 2. The molecule has 2 aliphatic heterocycles. The van der Waals surface area contributed by atoms with Gasteiger partial charge in [0.2, 0.25) is 5.67 Å². The molecular formula is C12H12F2N2O4. The molecule has 2 rings (SSSR count). The van der Waals surface area contributed by atoms with Gasteiger partial charge in [-0.1, -0.05) is 12.5 Å². The quantitative estimate of drug-likeness (QED) is 0.574. The number of amides is 1. The van der Waals surface area contributed by atoms with Crippen LogP contribution < -0.4 is 5.32 Å². The van der Waals surface area contributed by atoms with Crippen LogP contribution in [0.2, 0.25) is 0 Å². The van der Waals surface area contributed by atoms with Gasteiger partial charge in [0, 0.05) is 12.3 Å². The van der Waals surface area contributed by atoms with Crippen molar-refractivity contribution >= 4 is 5.91 Å². The Balaban J connectivity index is 2.41. The third kappa shape index (κ3) is 1.87. The summed E-state index contributed by atoms with van der Waals surface area (Å²) >= 11 is 0. The number of nitrogens with one attached hydrogen (secondary N) is 1. The molecule has 0 aromatic carbocycles. The predicted molar refractivity (Wildman–Crippen MR) is 62.7 cm³/mol. The normalized spacial score (nSPS) is 40.6. The maximum Gasteiger partial charge on any atom is 0.264 e. The first-order valence-electron chi connectivity index (χ1n) is 5.57. The standard InChI is InChI=1S/C12H12F2N2O4/c1-3-11(13)9(19)12(14,6-17)20-10(11)16-5-4-8(18)15-7(16)2/h1,4-5,9-10,17,19H,2,6H2,(H,15,18)/t9-,10?,11+,12+/m0/s1. The zero-order valence-corrected chi connectivity index (χ0v) is 10.2. The van der Waals surface area contributed by atoms with Gasteiger partial charge in [0.15, 0.2) is 12.3 Å². The largest absolute Gasteiger partial charge is 0.390 e. The summed E-state index contributed by atoms with van der Waals surface area (Å²) < 4.78 is 33.5. The molecule has 1 saturated heterocycles. The van der Waals surface area contributed by atoms with Gasteiger partial charge < -0.3 is 25.2 Å². The van der Waals surface area contributed by atoms with E-state index in [0.717, 1.165) is 17.2 Å². The van der Waals surface area contributed by atoms with Crippen molar-refractivity contribution in [1.29, 1.82) is 0 Å². The topological polar surface area (TPSA) is 82.0 Å². The average molecular weight is 286 g/mol. The molecule has 0 aliphatic carbocycles. The molecule has 8 heteroatoms. The summed E-state index contributed by atoms with van der Waals surface area (Å²) in [7, 11) is 0. The lowest BCUT2D eigenvalue weighted by molar-refractivity contribution is -0.210. The molecule has 0 spiro atoms. The van der Waals surface area contributed by atoms with E-state index in [1.165, 1.54) is 0 Å². The van der Waals surface area contributed by atoms with Gasteiger partial charge in [-0.05, 0) is 0 Å². The maximum absolute atomic E-state index is 14.6. The summed E-state index contributed by atoms with van der Waals surface area (Å²) in [6.45, 7) is 2.17. The van der Waals surface area contributed by atoms with E-state index < -0.39 is 36.4 Å². The number of hydrogen-bond acceptors (Lipinski definition) is 5. The first-order chi connectivity index (χ1) is 9.28. The molecule has 1 amide bonds. The molecule has 108 valence electrons. The van der Waals surface area contributed by atoms with E-state index in [2.05, 4.69) is 11.9 Å². The van der Waals surface area contributed by atoms with E-state index in [4.69, 9.17) is 16.3 Å². The van der Waals surface area contributed by atoms with Crippen LogP contribution >= 0.6 is 0 Å². The van der Waals surface area contributed by atoms with Crippen molar-refractivity contribution in [3.05, 3.63) is 24.7 Å². The van der Waals surface area contributed by atoms with Crippen LogP contribution in [0, 0.1) is 12.3 Å². The first kappa shape index (κ1) is 14.5. The van der Waals surface area contributed by atoms with Crippen molar-refractivity contribution < 1.29 is 28.5 Å². The van der Waals surface area contributed by atoms with Gasteiger partial charge in [-0.15, -0.1) is 6.42 Å². The van der Waals surface area contributed by atoms with E-state index in [1.807, 2.05) is 0 Å². The highest BCUT2D eigenvalue weighted by molar-refractivity contribution is 5.89. The van der Waals surface area contributed by atoms with Crippen LogP contribution in [-0.2, 0) is 9.53 Å². The van der Waals surface area contributed by atoms with Crippen molar-refractivity contribution in [2.75, 3.05) is 6.61 Å². The molecular weight excluding hydrogens is 274 g/mol. The fourth-order valence-corrected chi connectivity index (χ4v) is 2.02.